The van der Waals surface area contributed by atoms with Gasteiger partial charge in [-0.1, -0.05) is 12.1 Å². The molecule has 0 N–H and O–H groups in total. The van der Waals surface area contributed by atoms with Crippen molar-refractivity contribution in [2.75, 3.05) is 13.2 Å². The van der Waals surface area contributed by atoms with E-state index in [1.54, 1.807) is 12.1 Å². The topological polar surface area (TPSA) is 35.5 Å². The van der Waals surface area contributed by atoms with E-state index in [1.165, 1.54) is 0 Å². The molecule has 0 unspecified atom stereocenters. The fourth-order valence-corrected chi connectivity index (χ4v) is 2.89. The molecule has 2 aromatic carbocycles. The Morgan fingerprint density at radius 2 is 1.86 bits per heavy atom. The van der Waals surface area contributed by atoms with Gasteiger partial charge in [-0.15, -0.1) is 0 Å². The molecule has 3 rings (SSSR count). The third-order valence-electron chi connectivity index (χ3n) is 3.45. The summed E-state index contributed by atoms with van der Waals surface area (Å²) >= 11 is 2.22. The lowest BCUT2D eigenvalue weighted by atomic mass is 10.0. The van der Waals surface area contributed by atoms with Gasteiger partial charge in [0, 0.05) is 21.1 Å². The molecule has 0 saturated carbocycles. The predicted molar refractivity (Wildman–Crippen MR) is 89.4 cm³/mol. The lowest BCUT2D eigenvalue weighted by molar-refractivity contribution is 0.103. The van der Waals surface area contributed by atoms with E-state index in [4.69, 9.17) is 9.47 Å². The molecule has 0 aromatic heterocycles. The SMILES string of the molecule is Cc1cccc(C(=O)c2ccc3c(c2)OCCCO3)c1I. The third kappa shape index (κ3) is 2.90. The van der Waals surface area contributed by atoms with Crippen LogP contribution in [0.3, 0.4) is 0 Å². The maximum Gasteiger partial charge on any atom is 0.194 e. The predicted octanol–water partition coefficient (Wildman–Crippen LogP) is 3.99. The number of aryl methyl sites for hydroxylation is 1. The average molecular weight is 394 g/mol. The number of fused-ring (bicyclic) bond motifs is 1. The lowest BCUT2D eigenvalue weighted by Crippen LogP contribution is -2.05. The van der Waals surface area contributed by atoms with Crippen molar-refractivity contribution in [1.29, 1.82) is 0 Å². The maximum atomic E-state index is 12.7. The molecule has 0 radical (unpaired) electrons. The zero-order valence-corrected chi connectivity index (χ0v) is 13.8. The first-order valence-corrected chi connectivity index (χ1v) is 7.94. The van der Waals surface area contributed by atoms with E-state index in [2.05, 4.69) is 22.6 Å². The number of ether oxygens (including phenoxy) is 2. The summed E-state index contributed by atoms with van der Waals surface area (Å²) in [6, 6.07) is 11.2. The number of rotatable bonds is 2. The van der Waals surface area contributed by atoms with Crippen LogP contribution in [0.1, 0.15) is 27.9 Å². The van der Waals surface area contributed by atoms with Crippen molar-refractivity contribution in [3.63, 3.8) is 0 Å². The summed E-state index contributed by atoms with van der Waals surface area (Å²) in [5.41, 5.74) is 2.46. The van der Waals surface area contributed by atoms with Gasteiger partial charge in [0.25, 0.3) is 0 Å². The second-order valence-electron chi connectivity index (χ2n) is 4.98. The molecular weight excluding hydrogens is 379 g/mol. The van der Waals surface area contributed by atoms with Crippen LogP contribution in [0.5, 0.6) is 11.5 Å². The Balaban J connectivity index is 1.98. The highest BCUT2D eigenvalue weighted by molar-refractivity contribution is 14.1. The molecule has 4 heteroatoms. The van der Waals surface area contributed by atoms with E-state index in [9.17, 15) is 4.79 Å². The molecule has 1 aliphatic rings. The zero-order valence-electron chi connectivity index (χ0n) is 11.7. The summed E-state index contributed by atoms with van der Waals surface area (Å²) in [5.74, 6) is 1.38. The second kappa shape index (κ2) is 6.05. The largest absolute Gasteiger partial charge is 0.490 e. The van der Waals surface area contributed by atoms with Crippen molar-refractivity contribution in [2.24, 2.45) is 0 Å². The van der Waals surface area contributed by atoms with Gasteiger partial charge in [-0.2, -0.15) is 0 Å². The van der Waals surface area contributed by atoms with Gasteiger partial charge in [-0.3, -0.25) is 4.79 Å². The number of benzene rings is 2. The monoisotopic (exact) mass is 394 g/mol. The van der Waals surface area contributed by atoms with Crippen LogP contribution in [0.25, 0.3) is 0 Å². The van der Waals surface area contributed by atoms with Crippen molar-refractivity contribution in [3.8, 4) is 11.5 Å². The molecular formula is C17H15IO3. The summed E-state index contributed by atoms with van der Waals surface area (Å²) in [7, 11) is 0. The van der Waals surface area contributed by atoms with Crippen molar-refractivity contribution >= 4 is 28.4 Å². The Labute approximate surface area is 137 Å². The second-order valence-corrected chi connectivity index (χ2v) is 6.06. The van der Waals surface area contributed by atoms with Crippen molar-refractivity contribution in [3.05, 3.63) is 56.7 Å². The van der Waals surface area contributed by atoms with Crippen LogP contribution in [-0.4, -0.2) is 19.0 Å². The molecule has 1 heterocycles. The Hall–Kier alpha value is -1.56. The van der Waals surface area contributed by atoms with Crippen LogP contribution < -0.4 is 9.47 Å². The first kappa shape index (κ1) is 14.4. The molecule has 108 valence electrons. The Morgan fingerprint density at radius 1 is 1.10 bits per heavy atom. The number of carbonyl (C=O) groups is 1. The Bertz CT molecular complexity index is 694. The zero-order chi connectivity index (χ0) is 14.8. The van der Waals surface area contributed by atoms with E-state index < -0.39 is 0 Å². The molecule has 1 aliphatic heterocycles. The molecule has 0 spiro atoms. The fourth-order valence-electron chi connectivity index (χ4n) is 2.28. The average Bonchev–Trinajstić information content (AvgIpc) is 2.74. The first-order chi connectivity index (χ1) is 10.2. The third-order valence-corrected chi connectivity index (χ3v) is 4.88. The standard InChI is InChI=1S/C17H15IO3/c1-11-4-2-5-13(16(11)18)17(19)12-6-7-14-15(10-12)21-9-3-8-20-14/h2,4-7,10H,3,8-9H2,1H3. The highest BCUT2D eigenvalue weighted by atomic mass is 127. The van der Waals surface area contributed by atoms with Gasteiger partial charge in [0.1, 0.15) is 0 Å². The van der Waals surface area contributed by atoms with Crippen LogP contribution in [0.15, 0.2) is 36.4 Å². The Kier molecular flexibility index (Phi) is 4.14. The number of halogens is 1. The molecule has 21 heavy (non-hydrogen) atoms. The summed E-state index contributed by atoms with van der Waals surface area (Å²) < 4.78 is 12.2. The van der Waals surface area contributed by atoms with E-state index >= 15 is 0 Å². The minimum atomic E-state index is 0.0127. The molecule has 0 amide bonds. The summed E-state index contributed by atoms with van der Waals surface area (Å²) in [5, 5.41) is 0. The molecule has 0 saturated heterocycles. The van der Waals surface area contributed by atoms with E-state index in [0.717, 1.165) is 21.1 Å². The Morgan fingerprint density at radius 3 is 2.67 bits per heavy atom. The van der Waals surface area contributed by atoms with Gasteiger partial charge in [-0.05, 0) is 59.3 Å². The van der Waals surface area contributed by atoms with E-state index in [1.807, 2.05) is 31.2 Å². The highest BCUT2D eigenvalue weighted by Gasteiger charge is 2.17. The number of hydrogen-bond acceptors (Lipinski definition) is 3. The molecule has 0 bridgehead atoms. The molecule has 0 aliphatic carbocycles. The lowest BCUT2D eigenvalue weighted by Gasteiger charge is -2.10. The highest BCUT2D eigenvalue weighted by Crippen LogP contribution is 2.31. The minimum Gasteiger partial charge on any atom is -0.490 e. The fraction of sp³-hybridized carbons (Fsp3) is 0.235. The van der Waals surface area contributed by atoms with Gasteiger partial charge in [0.05, 0.1) is 13.2 Å². The van der Waals surface area contributed by atoms with Crippen LogP contribution >= 0.6 is 22.6 Å². The van der Waals surface area contributed by atoms with Crippen LogP contribution in [-0.2, 0) is 0 Å². The first-order valence-electron chi connectivity index (χ1n) is 6.86. The van der Waals surface area contributed by atoms with Gasteiger partial charge in [0.2, 0.25) is 0 Å². The van der Waals surface area contributed by atoms with Crippen molar-refractivity contribution in [1.82, 2.24) is 0 Å². The smallest absolute Gasteiger partial charge is 0.194 e. The van der Waals surface area contributed by atoms with Crippen molar-refractivity contribution < 1.29 is 14.3 Å². The van der Waals surface area contributed by atoms with Gasteiger partial charge < -0.3 is 9.47 Å². The molecule has 3 nitrogen and oxygen atoms in total. The summed E-state index contributed by atoms with van der Waals surface area (Å²) in [6.07, 6.45) is 0.855. The minimum absolute atomic E-state index is 0.0127. The summed E-state index contributed by atoms with van der Waals surface area (Å²) in [6.45, 7) is 3.27. The van der Waals surface area contributed by atoms with Crippen LogP contribution in [0.4, 0.5) is 0 Å². The number of carbonyl (C=O) groups excluding carboxylic acids is 1. The molecule has 0 atom stereocenters. The van der Waals surface area contributed by atoms with Gasteiger partial charge >= 0.3 is 0 Å². The van der Waals surface area contributed by atoms with Crippen LogP contribution in [0, 0.1) is 10.5 Å². The van der Waals surface area contributed by atoms with Gasteiger partial charge in [0.15, 0.2) is 17.3 Å². The number of hydrogen-bond donors (Lipinski definition) is 0. The summed E-state index contributed by atoms with van der Waals surface area (Å²) in [4.78, 5) is 12.7. The van der Waals surface area contributed by atoms with Crippen molar-refractivity contribution in [2.45, 2.75) is 13.3 Å². The van der Waals surface area contributed by atoms with E-state index in [-0.39, 0.29) is 5.78 Å². The quantitative estimate of drug-likeness (QED) is 0.571. The normalized spacial score (nSPS) is 13.6. The maximum absolute atomic E-state index is 12.7. The number of ketones is 1. The van der Waals surface area contributed by atoms with Gasteiger partial charge in [-0.25, -0.2) is 0 Å². The molecule has 2 aromatic rings. The van der Waals surface area contributed by atoms with E-state index in [0.29, 0.717) is 30.3 Å². The van der Waals surface area contributed by atoms with Crippen LogP contribution in [0.2, 0.25) is 0 Å². The molecule has 0 fully saturated rings.